The first-order valence-corrected chi connectivity index (χ1v) is 15.4. The highest BCUT2D eigenvalue weighted by atomic mass is 32.2. The van der Waals surface area contributed by atoms with Crippen LogP contribution >= 0.6 is 11.8 Å². The van der Waals surface area contributed by atoms with Gasteiger partial charge in [-0.1, -0.05) is 0 Å². The maximum absolute atomic E-state index is 11.9. The summed E-state index contributed by atoms with van der Waals surface area (Å²) in [6.07, 6.45) is -0.210. The lowest BCUT2D eigenvalue weighted by atomic mass is 10.4. The predicted molar refractivity (Wildman–Crippen MR) is 124 cm³/mol. The second-order valence-corrected chi connectivity index (χ2v) is 12.1. The fourth-order valence-corrected chi connectivity index (χ4v) is 6.42. The molecular formula is C18H37N2O9S2Si-. The highest BCUT2D eigenvalue weighted by molar-refractivity contribution is 7.99. The van der Waals surface area contributed by atoms with E-state index in [2.05, 4.69) is 10.6 Å². The van der Waals surface area contributed by atoms with Gasteiger partial charge in [0.2, 0.25) is 0 Å². The molecule has 11 nitrogen and oxygen atoms in total. The fourth-order valence-electron chi connectivity index (χ4n) is 2.58. The Morgan fingerprint density at radius 2 is 1.59 bits per heavy atom. The minimum absolute atomic E-state index is 0.277. The zero-order valence-electron chi connectivity index (χ0n) is 19.3. The van der Waals surface area contributed by atoms with E-state index in [0.717, 1.165) is 0 Å². The normalized spacial score (nSPS) is 12.9. The molecule has 0 aliphatic heterocycles. The number of thioether (sulfide) groups is 1. The molecule has 0 aromatic carbocycles. The Morgan fingerprint density at radius 1 is 1.03 bits per heavy atom. The van der Waals surface area contributed by atoms with E-state index in [1.165, 1.54) is 11.8 Å². The largest absolute Gasteiger partial charge is 0.748 e. The van der Waals surface area contributed by atoms with Crippen molar-refractivity contribution in [2.75, 3.05) is 50.2 Å². The molecule has 0 saturated carbocycles. The SMILES string of the molecule is CCO[Si](CCCNC(=O)NCCSCC(C)OC(=O)CCS(=O)(=O)[O-])(OCC)OCC. The second kappa shape index (κ2) is 17.6. The van der Waals surface area contributed by atoms with Crippen LogP contribution in [0.4, 0.5) is 4.79 Å². The number of carbonyl (C=O) groups is 2. The van der Waals surface area contributed by atoms with Crippen molar-refractivity contribution in [2.24, 2.45) is 0 Å². The lowest BCUT2D eigenvalue weighted by Gasteiger charge is -2.28. The van der Waals surface area contributed by atoms with Crippen molar-refractivity contribution in [3.05, 3.63) is 0 Å². The summed E-state index contributed by atoms with van der Waals surface area (Å²) in [6.45, 7) is 9.80. The smallest absolute Gasteiger partial charge is 0.500 e. The topological polar surface area (TPSA) is 152 Å². The van der Waals surface area contributed by atoms with Crippen molar-refractivity contribution in [1.82, 2.24) is 10.6 Å². The third kappa shape index (κ3) is 16.7. The summed E-state index contributed by atoms with van der Waals surface area (Å²) in [4.78, 5) is 23.3. The van der Waals surface area contributed by atoms with E-state index in [9.17, 15) is 22.6 Å². The molecule has 2 N–H and O–H groups in total. The highest BCUT2D eigenvalue weighted by Crippen LogP contribution is 2.17. The van der Waals surface area contributed by atoms with Gasteiger partial charge in [-0.15, -0.1) is 0 Å². The lowest BCUT2D eigenvalue weighted by Crippen LogP contribution is -2.46. The van der Waals surface area contributed by atoms with Crippen LogP contribution in [0.2, 0.25) is 6.04 Å². The van der Waals surface area contributed by atoms with Gasteiger partial charge in [-0.25, -0.2) is 13.2 Å². The average Bonchev–Trinajstić information content (AvgIpc) is 2.69. The Morgan fingerprint density at radius 3 is 2.12 bits per heavy atom. The summed E-state index contributed by atoms with van der Waals surface area (Å²) in [5.74, 6) is -0.394. The first-order valence-electron chi connectivity index (χ1n) is 10.7. The fraction of sp³-hybridized carbons (Fsp3) is 0.889. The lowest BCUT2D eigenvalue weighted by molar-refractivity contribution is -0.146. The molecule has 0 spiro atoms. The van der Waals surface area contributed by atoms with Crippen molar-refractivity contribution < 1.29 is 40.6 Å². The number of nitrogens with one attached hydrogen (secondary N) is 2. The first-order chi connectivity index (χ1) is 15.1. The van der Waals surface area contributed by atoms with Gasteiger partial charge in [0.1, 0.15) is 6.10 Å². The molecule has 0 fully saturated rings. The maximum atomic E-state index is 11.9. The van der Waals surface area contributed by atoms with E-state index in [1.807, 2.05) is 20.8 Å². The van der Waals surface area contributed by atoms with Crippen molar-refractivity contribution in [2.45, 2.75) is 52.7 Å². The van der Waals surface area contributed by atoms with Gasteiger partial charge in [0.05, 0.1) is 16.5 Å². The van der Waals surface area contributed by atoms with Gasteiger partial charge < -0.3 is 33.2 Å². The number of ether oxygens (including phenoxy) is 1. The molecule has 190 valence electrons. The Balaban J connectivity index is 3.94. The maximum Gasteiger partial charge on any atom is 0.500 e. The third-order valence-corrected chi connectivity index (χ3v) is 8.86. The molecular weight excluding hydrogens is 480 g/mol. The summed E-state index contributed by atoms with van der Waals surface area (Å²) >= 11 is 1.47. The monoisotopic (exact) mass is 517 g/mol. The Bertz CT molecular complexity index is 621. The van der Waals surface area contributed by atoms with E-state index < -0.39 is 43.2 Å². The van der Waals surface area contributed by atoms with Gasteiger partial charge in [-0.2, -0.15) is 11.8 Å². The molecule has 1 unspecified atom stereocenters. The summed E-state index contributed by atoms with van der Waals surface area (Å²) in [5, 5.41) is 5.53. The van der Waals surface area contributed by atoms with Gasteiger partial charge in [-0.05, 0) is 34.1 Å². The van der Waals surface area contributed by atoms with Gasteiger partial charge >= 0.3 is 20.8 Å². The molecule has 2 amide bonds. The summed E-state index contributed by atoms with van der Waals surface area (Å²) in [6, 6.07) is 0.344. The Labute approximate surface area is 196 Å². The zero-order valence-corrected chi connectivity index (χ0v) is 22.0. The average molecular weight is 518 g/mol. The predicted octanol–water partition coefficient (Wildman–Crippen LogP) is 1.32. The number of hydrogen-bond donors (Lipinski definition) is 2. The van der Waals surface area contributed by atoms with Crippen LogP contribution < -0.4 is 10.6 Å². The molecule has 0 aromatic rings. The summed E-state index contributed by atoms with van der Waals surface area (Å²) in [5.41, 5.74) is 0. The molecule has 0 aromatic heterocycles. The Kier molecular flexibility index (Phi) is 17.1. The molecule has 0 radical (unpaired) electrons. The van der Waals surface area contributed by atoms with E-state index in [0.29, 0.717) is 56.9 Å². The van der Waals surface area contributed by atoms with Crippen LogP contribution in [-0.2, 0) is 32.9 Å². The summed E-state index contributed by atoms with van der Waals surface area (Å²) < 4.78 is 53.9. The van der Waals surface area contributed by atoms with Crippen LogP contribution in [0.1, 0.15) is 40.5 Å². The van der Waals surface area contributed by atoms with Crippen LogP contribution in [0, 0.1) is 0 Å². The molecule has 0 heterocycles. The highest BCUT2D eigenvalue weighted by Gasteiger charge is 2.39. The van der Waals surface area contributed by atoms with E-state index in [-0.39, 0.29) is 6.03 Å². The Hall–Kier alpha value is -0.903. The van der Waals surface area contributed by atoms with Gasteiger partial charge in [-0.3, -0.25) is 4.79 Å². The molecule has 0 bridgehead atoms. The minimum Gasteiger partial charge on any atom is -0.748 e. The van der Waals surface area contributed by atoms with Crippen molar-refractivity contribution in [3.63, 3.8) is 0 Å². The van der Waals surface area contributed by atoms with Crippen LogP contribution in [0.15, 0.2) is 0 Å². The van der Waals surface area contributed by atoms with Crippen LogP contribution in [0.5, 0.6) is 0 Å². The van der Waals surface area contributed by atoms with Crippen LogP contribution in [0.3, 0.4) is 0 Å². The van der Waals surface area contributed by atoms with E-state index in [1.54, 1.807) is 6.92 Å². The number of amides is 2. The van der Waals surface area contributed by atoms with Crippen LogP contribution in [0.25, 0.3) is 0 Å². The van der Waals surface area contributed by atoms with Crippen molar-refractivity contribution in [3.8, 4) is 0 Å². The van der Waals surface area contributed by atoms with Gasteiger partial charge in [0.15, 0.2) is 0 Å². The number of hydrogen-bond acceptors (Lipinski definition) is 10. The molecule has 32 heavy (non-hydrogen) atoms. The zero-order chi connectivity index (χ0) is 24.5. The van der Waals surface area contributed by atoms with Crippen molar-refractivity contribution >= 4 is 42.7 Å². The van der Waals surface area contributed by atoms with Crippen LogP contribution in [-0.4, -0.2) is 90.0 Å². The molecule has 1 atom stereocenters. The molecule has 14 heteroatoms. The number of urea groups is 1. The summed E-state index contributed by atoms with van der Waals surface area (Å²) in [7, 11) is -7.13. The number of esters is 1. The number of carbonyl (C=O) groups excluding carboxylic acids is 2. The second-order valence-electron chi connectivity index (χ2n) is 6.66. The minimum atomic E-state index is -4.43. The first kappa shape index (κ1) is 31.1. The third-order valence-electron chi connectivity index (χ3n) is 3.81. The molecule has 0 aliphatic rings. The van der Waals surface area contributed by atoms with Gasteiger partial charge in [0, 0.05) is 56.2 Å². The van der Waals surface area contributed by atoms with E-state index in [4.69, 9.17) is 18.0 Å². The standard InChI is InChI=1S/C18H38N2O9S2Si/c1-5-26-32(27-6-2,28-7-3)14-8-10-19-18(22)20-11-12-30-15-16(4)29-17(21)9-13-31(23,24)25/h16H,5-15H2,1-4H3,(H2,19,20,22)(H,23,24,25)/p-1. The molecule has 0 saturated heterocycles. The van der Waals surface area contributed by atoms with E-state index >= 15 is 0 Å². The molecule has 0 aliphatic carbocycles. The van der Waals surface area contributed by atoms with Crippen molar-refractivity contribution in [1.29, 1.82) is 0 Å². The quantitative estimate of drug-likeness (QED) is 0.111. The van der Waals surface area contributed by atoms with Gasteiger partial charge in [0.25, 0.3) is 0 Å². The molecule has 0 rings (SSSR count). The number of rotatable bonds is 19.